The van der Waals surface area contributed by atoms with Crippen LogP contribution >= 0.6 is 0 Å². The standard InChI is InChI=1S/C17H19N3O3/c1-12(17(22)23-2)20(14-6-7-14)16(21)13-5-8-15(18-11-13)19-9-3-4-10-19/h3-5,8-12,14H,6-7H2,1-2H3. The SMILES string of the molecule is COC(=O)C(C)N(C(=O)c1ccc(-n2cccc2)nc1)C1CC1. The number of methoxy groups -OCH3 is 1. The third kappa shape index (κ3) is 3.11. The smallest absolute Gasteiger partial charge is 0.328 e. The second kappa shape index (κ2) is 6.24. The van der Waals surface area contributed by atoms with E-state index < -0.39 is 12.0 Å². The maximum Gasteiger partial charge on any atom is 0.328 e. The van der Waals surface area contributed by atoms with Crippen molar-refractivity contribution < 1.29 is 14.3 Å². The van der Waals surface area contributed by atoms with E-state index in [1.807, 2.05) is 29.1 Å². The van der Waals surface area contributed by atoms with Crippen LogP contribution in [-0.4, -0.2) is 45.5 Å². The molecule has 1 atom stereocenters. The molecule has 0 bridgehead atoms. The Kier molecular flexibility index (Phi) is 4.14. The summed E-state index contributed by atoms with van der Waals surface area (Å²) in [7, 11) is 1.34. The predicted molar refractivity (Wildman–Crippen MR) is 84.2 cm³/mol. The Balaban J connectivity index is 1.81. The fourth-order valence-electron chi connectivity index (χ4n) is 2.60. The molecule has 1 aliphatic rings. The van der Waals surface area contributed by atoms with E-state index in [0.717, 1.165) is 18.7 Å². The fraction of sp³-hybridized carbons (Fsp3) is 0.353. The zero-order valence-electron chi connectivity index (χ0n) is 13.2. The van der Waals surface area contributed by atoms with Crippen molar-refractivity contribution in [3.8, 4) is 5.82 Å². The van der Waals surface area contributed by atoms with Crippen molar-refractivity contribution in [1.29, 1.82) is 0 Å². The zero-order valence-corrected chi connectivity index (χ0v) is 13.2. The maximum atomic E-state index is 12.8. The van der Waals surface area contributed by atoms with Gasteiger partial charge in [-0.1, -0.05) is 0 Å². The average Bonchev–Trinajstić information content (AvgIpc) is 3.26. The van der Waals surface area contributed by atoms with Gasteiger partial charge >= 0.3 is 5.97 Å². The number of carbonyl (C=O) groups is 2. The third-order valence-corrected chi connectivity index (χ3v) is 4.00. The van der Waals surface area contributed by atoms with Gasteiger partial charge in [-0.25, -0.2) is 9.78 Å². The van der Waals surface area contributed by atoms with Crippen molar-refractivity contribution in [3.05, 3.63) is 48.4 Å². The van der Waals surface area contributed by atoms with E-state index >= 15 is 0 Å². The van der Waals surface area contributed by atoms with Gasteiger partial charge in [0.25, 0.3) is 5.91 Å². The van der Waals surface area contributed by atoms with Crippen molar-refractivity contribution in [3.63, 3.8) is 0 Å². The molecule has 6 nitrogen and oxygen atoms in total. The number of amides is 1. The van der Waals surface area contributed by atoms with E-state index in [4.69, 9.17) is 4.74 Å². The van der Waals surface area contributed by atoms with Crippen LogP contribution < -0.4 is 0 Å². The Morgan fingerprint density at radius 3 is 2.52 bits per heavy atom. The van der Waals surface area contributed by atoms with Crippen LogP contribution in [0.5, 0.6) is 0 Å². The molecule has 3 rings (SSSR count). The van der Waals surface area contributed by atoms with Crippen molar-refractivity contribution >= 4 is 11.9 Å². The number of aromatic nitrogens is 2. The number of pyridine rings is 1. The van der Waals surface area contributed by atoms with Crippen LogP contribution in [0, 0.1) is 0 Å². The highest BCUT2D eigenvalue weighted by Gasteiger charge is 2.39. The summed E-state index contributed by atoms with van der Waals surface area (Å²) in [5.41, 5.74) is 0.476. The first-order valence-corrected chi connectivity index (χ1v) is 7.61. The molecule has 0 saturated heterocycles. The fourth-order valence-corrected chi connectivity index (χ4v) is 2.60. The average molecular weight is 313 g/mol. The molecular weight excluding hydrogens is 294 g/mol. The normalized spacial score (nSPS) is 15.0. The lowest BCUT2D eigenvalue weighted by atomic mass is 10.2. The molecule has 0 radical (unpaired) electrons. The lowest BCUT2D eigenvalue weighted by Gasteiger charge is -2.27. The number of esters is 1. The van der Waals surface area contributed by atoms with Gasteiger partial charge in [-0.2, -0.15) is 0 Å². The van der Waals surface area contributed by atoms with Crippen molar-refractivity contribution in [2.24, 2.45) is 0 Å². The number of hydrogen-bond donors (Lipinski definition) is 0. The lowest BCUT2D eigenvalue weighted by molar-refractivity contribution is -0.145. The summed E-state index contributed by atoms with van der Waals surface area (Å²) in [5, 5.41) is 0. The van der Waals surface area contributed by atoms with Crippen LogP contribution in [0.15, 0.2) is 42.9 Å². The molecule has 1 saturated carbocycles. The van der Waals surface area contributed by atoms with Gasteiger partial charge in [0.05, 0.1) is 12.7 Å². The molecule has 6 heteroatoms. The first-order chi connectivity index (χ1) is 11.1. The summed E-state index contributed by atoms with van der Waals surface area (Å²) in [6.07, 6.45) is 7.17. The molecule has 0 N–H and O–H groups in total. The second-order valence-electron chi connectivity index (χ2n) is 5.64. The largest absolute Gasteiger partial charge is 0.467 e. The van der Waals surface area contributed by atoms with Gasteiger partial charge in [0.1, 0.15) is 11.9 Å². The minimum absolute atomic E-state index is 0.112. The summed E-state index contributed by atoms with van der Waals surface area (Å²) < 4.78 is 6.64. The number of nitrogens with zero attached hydrogens (tertiary/aromatic N) is 3. The van der Waals surface area contributed by atoms with E-state index in [9.17, 15) is 9.59 Å². The highest BCUT2D eigenvalue weighted by molar-refractivity contribution is 5.97. The van der Waals surface area contributed by atoms with Crippen molar-refractivity contribution in [1.82, 2.24) is 14.5 Å². The van der Waals surface area contributed by atoms with Gasteiger partial charge in [0.2, 0.25) is 0 Å². The monoisotopic (exact) mass is 313 g/mol. The summed E-state index contributed by atoms with van der Waals surface area (Å²) in [6, 6.07) is 6.87. The van der Waals surface area contributed by atoms with Crippen molar-refractivity contribution in [2.75, 3.05) is 7.11 Å². The van der Waals surface area contributed by atoms with Gasteiger partial charge in [-0.3, -0.25) is 4.79 Å². The predicted octanol–water partition coefficient (Wildman–Crippen LogP) is 2.04. The number of ether oxygens (including phenoxy) is 1. The summed E-state index contributed by atoms with van der Waals surface area (Å²) in [6.45, 7) is 1.70. The Bertz CT molecular complexity index is 690. The van der Waals surface area contributed by atoms with Gasteiger partial charge in [0.15, 0.2) is 0 Å². The molecule has 1 amide bonds. The van der Waals surface area contributed by atoms with E-state index in [0.29, 0.717) is 5.56 Å². The first kappa shape index (κ1) is 15.3. The van der Waals surface area contributed by atoms with E-state index in [1.165, 1.54) is 7.11 Å². The molecule has 1 aliphatic carbocycles. The number of rotatable bonds is 5. The molecule has 2 aromatic heterocycles. The number of carbonyl (C=O) groups excluding carboxylic acids is 2. The quantitative estimate of drug-likeness (QED) is 0.792. The Labute approximate surface area is 134 Å². The summed E-state index contributed by atoms with van der Waals surface area (Å²) >= 11 is 0. The minimum Gasteiger partial charge on any atom is -0.467 e. The van der Waals surface area contributed by atoms with Crippen molar-refractivity contribution in [2.45, 2.75) is 31.8 Å². The zero-order chi connectivity index (χ0) is 16.4. The molecule has 0 spiro atoms. The van der Waals surface area contributed by atoms with Crippen LogP contribution in [0.1, 0.15) is 30.1 Å². The van der Waals surface area contributed by atoms with Gasteiger partial charge in [0, 0.05) is 24.6 Å². The molecule has 2 aromatic rings. The molecule has 2 heterocycles. The minimum atomic E-state index is -0.593. The van der Waals surface area contributed by atoms with Gasteiger partial charge in [-0.05, 0) is 44.0 Å². The van der Waals surface area contributed by atoms with Gasteiger partial charge in [-0.15, -0.1) is 0 Å². The van der Waals surface area contributed by atoms with Crippen LogP contribution in [0.3, 0.4) is 0 Å². The Hall–Kier alpha value is -2.63. The topological polar surface area (TPSA) is 64.4 Å². The van der Waals surface area contributed by atoms with Crippen LogP contribution in [0.4, 0.5) is 0 Å². The summed E-state index contributed by atoms with van der Waals surface area (Å²) in [5.74, 6) is 0.157. The Morgan fingerprint density at radius 2 is 2.00 bits per heavy atom. The third-order valence-electron chi connectivity index (χ3n) is 4.00. The maximum absolute atomic E-state index is 12.8. The highest BCUT2D eigenvalue weighted by atomic mass is 16.5. The van der Waals surface area contributed by atoms with E-state index in [2.05, 4.69) is 4.98 Å². The number of hydrogen-bond acceptors (Lipinski definition) is 4. The summed E-state index contributed by atoms with van der Waals surface area (Å²) in [4.78, 5) is 30.5. The molecular formula is C17H19N3O3. The van der Waals surface area contributed by atoms with Crippen LogP contribution in [-0.2, 0) is 9.53 Å². The molecule has 0 aromatic carbocycles. The Morgan fingerprint density at radius 1 is 1.30 bits per heavy atom. The van der Waals surface area contributed by atoms with Crippen LogP contribution in [0.25, 0.3) is 5.82 Å². The van der Waals surface area contributed by atoms with E-state index in [-0.39, 0.29) is 11.9 Å². The molecule has 120 valence electrons. The molecule has 1 fully saturated rings. The molecule has 0 aliphatic heterocycles. The van der Waals surface area contributed by atoms with Crippen LogP contribution in [0.2, 0.25) is 0 Å². The second-order valence-corrected chi connectivity index (χ2v) is 5.64. The lowest BCUT2D eigenvalue weighted by Crippen LogP contribution is -2.45. The molecule has 1 unspecified atom stereocenters. The molecule has 23 heavy (non-hydrogen) atoms. The first-order valence-electron chi connectivity index (χ1n) is 7.61. The van der Waals surface area contributed by atoms with E-state index in [1.54, 1.807) is 30.2 Å². The highest BCUT2D eigenvalue weighted by Crippen LogP contribution is 2.30. The van der Waals surface area contributed by atoms with Gasteiger partial charge < -0.3 is 14.2 Å².